The topological polar surface area (TPSA) is 219 Å². The van der Waals surface area contributed by atoms with E-state index >= 15 is 0 Å². The summed E-state index contributed by atoms with van der Waals surface area (Å²) in [5.74, 6) is -1.99. The number of carbonyl (C=O) groups is 6. The molecule has 0 aliphatic heterocycles. The molecule has 0 radical (unpaired) electrons. The molecule has 16 heteroatoms. The Kier molecular flexibility index (Phi) is 19.3. The monoisotopic (exact) mass is 1060 g/mol. The summed E-state index contributed by atoms with van der Waals surface area (Å²) in [4.78, 5) is 90.0. The standard InChI is InChI=1S/C62H76N6O10/c1-41-19-11-17-29-53(41)77-59(73)67-61(3,35-45-37-63-51-27-15-13-25-49(45)51)57(71)65-47(33-43-21-7-5-8-22-43)39-75-55(69)31-32-56(70)76-40-48(34-44-23-9-6-10-24-44)66-58(72)62(4,36-46-38-64-52-28-16-14-26-50(46)52)68-60(74)78-54-30-18-12-20-42(54)2/h5-10,13-16,21-28,37-38,41-42,47-48,53-54,63-64H,11-12,17-20,29-36,39-40H2,1-4H3,(H,65,71)(H,66,72)(H,67,73)(H,68,74). The molecule has 16 nitrogen and oxygen atoms in total. The molecule has 4 amide bonds. The second-order valence-electron chi connectivity index (χ2n) is 22.0. The lowest BCUT2D eigenvalue weighted by Gasteiger charge is -2.34. The van der Waals surface area contributed by atoms with Gasteiger partial charge < -0.3 is 50.2 Å². The van der Waals surface area contributed by atoms with Gasteiger partial charge in [-0.1, -0.05) is 124 Å². The Morgan fingerprint density at radius 1 is 0.526 bits per heavy atom. The number of rotatable bonds is 23. The van der Waals surface area contributed by atoms with Crippen LogP contribution in [0, 0.1) is 11.8 Å². The molecule has 414 valence electrons. The molecule has 8 unspecified atom stereocenters. The second-order valence-corrected chi connectivity index (χ2v) is 22.0. The molecule has 6 N–H and O–H groups in total. The number of fused-ring (bicyclic) bond motifs is 2. The highest BCUT2D eigenvalue weighted by molar-refractivity contribution is 5.93. The minimum atomic E-state index is -1.49. The zero-order chi connectivity index (χ0) is 55.1. The van der Waals surface area contributed by atoms with Crippen molar-refractivity contribution in [3.8, 4) is 0 Å². The van der Waals surface area contributed by atoms with Crippen molar-refractivity contribution in [1.82, 2.24) is 31.2 Å². The van der Waals surface area contributed by atoms with E-state index in [1.807, 2.05) is 122 Å². The Morgan fingerprint density at radius 2 is 0.897 bits per heavy atom. The van der Waals surface area contributed by atoms with Gasteiger partial charge in [-0.25, -0.2) is 9.59 Å². The highest BCUT2D eigenvalue weighted by Crippen LogP contribution is 2.30. The van der Waals surface area contributed by atoms with Crippen molar-refractivity contribution in [2.45, 2.75) is 153 Å². The van der Waals surface area contributed by atoms with E-state index < -0.39 is 59.1 Å². The van der Waals surface area contributed by atoms with Gasteiger partial charge in [-0.15, -0.1) is 0 Å². The van der Waals surface area contributed by atoms with Gasteiger partial charge in [0.2, 0.25) is 11.8 Å². The van der Waals surface area contributed by atoms with Crippen molar-refractivity contribution >= 4 is 57.7 Å². The summed E-state index contributed by atoms with van der Waals surface area (Å²) < 4.78 is 23.4. The fourth-order valence-electron chi connectivity index (χ4n) is 10.9. The van der Waals surface area contributed by atoms with Crippen LogP contribution < -0.4 is 21.3 Å². The molecule has 2 heterocycles. The molecule has 8 rings (SSSR count). The van der Waals surface area contributed by atoms with E-state index in [1.165, 1.54) is 0 Å². The molecule has 6 aromatic rings. The zero-order valence-electron chi connectivity index (χ0n) is 45.4. The predicted molar refractivity (Wildman–Crippen MR) is 298 cm³/mol. The maximum Gasteiger partial charge on any atom is 0.408 e. The third-order valence-electron chi connectivity index (χ3n) is 15.5. The Morgan fingerprint density at radius 3 is 1.29 bits per heavy atom. The molecule has 8 atom stereocenters. The van der Waals surface area contributed by atoms with Gasteiger partial charge in [-0.05, 0) is 111 Å². The molecular formula is C62H76N6O10. The van der Waals surface area contributed by atoms with Crippen molar-refractivity contribution < 1.29 is 47.7 Å². The van der Waals surface area contributed by atoms with Gasteiger partial charge in [-0.3, -0.25) is 19.2 Å². The fraction of sp³-hybridized carbons (Fsp3) is 0.452. The maximum absolute atomic E-state index is 14.6. The van der Waals surface area contributed by atoms with Crippen LogP contribution in [0.4, 0.5) is 9.59 Å². The minimum Gasteiger partial charge on any atom is -0.463 e. The Balaban J connectivity index is 0.911. The van der Waals surface area contributed by atoms with E-state index in [1.54, 1.807) is 13.8 Å². The first kappa shape index (κ1) is 56.6. The molecule has 2 aliphatic carbocycles. The SMILES string of the molecule is CC1CCCCC1OC(=O)NC(C)(Cc1c[nH]c2ccccc12)C(=O)NC(COC(=O)CCC(=O)OCC(Cc1ccccc1)NC(=O)C(C)(Cc1c[nH]c2ccccc12)NC(=O)OC1CCCCC1C)Cc1ccccc1. The van der Waals surface area contributed by atoms with Gasteiger partial charge >= 0.3 is 24.1 Å². The van der Waals surface area contributed by atoms with Crippen LogP contribution >= 0.6 is 0 Å². The molecule has 0 spiro atoms. The number of esters is 2. The van der Waals surface area contributed by atoms with E-state index in [0.717, 1.165) is 95.4 Å². The fourth-order valence-corrected chi connectivity index (χ4v) is 10.9. The lowest BCUT2D eigenvalue weighted by molar-refractivity contribution is -0.151. The molecule has 2 aliphatic rings. The van der Waals surface area contributed by atoms with Crippen LogP contribution in [0.1, 0.15) is 114 Å². The number of aromatic nitrogens is 2. The summed E-state index contributed by atoms with van der Waals surface area (Å²) in [6.07, 6.45) is 9.44. The van der Waals surface area contributed by atoms with Crippen molar-refractivity contribution in [1.29, 1.82) is 0 Å². The van der Waals surface area contributed by atoms with Gasteiger partial charge in [-0.2, -0.15) is 0 Å². The number of alkyl carbamates (subject to hydrolysis) is 2. The predicted octanol–water partition coefficient (Wildman–Crippen LogP) is 9.88. The maximum atomic E-state index is 14.6. The number of para-hydroxylation sites is 2. The van der Waals surface area contributed by atoms with Gasteiger partial charge in [0.1, 0.15) is 36.5 Å². The summed E-state index contributed by atoms with van der Waals surface area (Å²) in [5.41, 5.74) is 2.17. The summed E-state index contributed by atoms with van der Waals surface area (Å²) >= 11 is 0. The quantitative estimate of drug-likeness (QED) is 0.0263. The average molecular weight is 1070 g/mol. The van der Waals surface area contributed by atoms with Crippen LogP contribution in [0.3, 0.4) is 0 Å². The Hall–Kier alpha value is -7.62. The van der Waals surface area contributed by atoms with Crippen LogP contribution in [0.25, 0.3) is 21.8 Å². The van der Waals surface area contributed by atoms with Gasteiger partial charge in [0.05, 0.1) is 24.9 Å². The highest BCUT2D eigenvalue weighted by atomic mass is 16.6. The summed E-state index contributed by atoms with van der Waals surface area (Å²) in [7, 11) is 0. The normalized spacial score (nSPS) is 19.7. The van der Waals surface area contributed by atoms with E-state index in [2.05, 4.69) is 45.1 Å². The van der Waals surface area contributed by atoms with Crippen molar-refractivity contribution in [2.24, 2.45) is 11.8 Å². The molecule has 0 bridgehead atoms. The number of hydrogen-bond donors (Lipinski definition) is 6. The van der Waals surface area contributed by atoms with Gasteiger partial charge in [0.15, 0.2) is 0 Å². The lowest BCUT2D eigenvalue weighted by Crippen LogP contribution is -2.61. The molecule has 2 fully saturated rings. The highest BCUT2D eigenvalue weighted by Gasteiger charge is 2.41. The van der Waals surface area contributed by atoms with E-state index in [-0.39, 0.29) is 62.9 Å². The minimum absolute atomic E-state index is 0.129. The summed E-state index contributed by atoms with van der Waals surface area (Å²) in [6.45, 7) is 7.01. The average Bonchev–Trinajstić information content (AvgIpc) is 4.04. The van der Waals surface area contributed by atoms with E-state index in [0.29, 0.717) is 12.8 Å². The first-order valence-electron chi connectivity index (χ1n) is 27.7. The van der Waals surface area contributed by atoms with Gasteiger partial charge in [0, 0.05) is 47.0 Å². The lowest BCUT2D eigenvalue weighted by atomic mass is 9.88. The molecule has 2 aromatic heterocycles. The molecule has 78 heavy (non-hydrogen) atoms. The number of H-pyrrole nitrogens is 2. The number of amides is 4. The first-order chi connectivity index (χ1) is 37.6. The Bertz CT molecular complexity index is 2780. The number of carbonyl (C=O) groups excluding carboxylic acids is 6. The van der Waals surface area contributed by atoms with E-state index in [4.69, 9.17) is 18.9 Å². The summed E-state index contributed by atoms with van der Waals surface area (Å²) in [6, 6.07) is 32.9. The number of hydrogen-bond acceptors (Lipinski definition) is 10. The zero-order valence-corrected chi connectivity index (χ0v) is 45.4. The second kappa shape index (κ2) is 26.6. The van der Waals surface area contributed by atoms with Crippen molar-refractivity contribution in [3.05, 3.63) is 144 Å². The first-order valence-corrected chi connectivity index (χ1v) is 27.7. The van der Waals surface area contributed by atoms with Crippen LogP contribution in [-0.4, -0.2) is 94.5 Å². The van der Waals surface area contributed by atoms with Crippen LogP contribution in [0.15, 0.2) is 122 Å². The largest absolute Gasteiger partial charge is 0.463 e. The molecule has 4 aromatic carbocycles. The van der Waals surface area contributed by atoms with Gasteiger partial charge in [0.25, 0.3) is 0 Å². The van der Waals surface area contributed by atoms with Crippen LogP contribution in [0.2, 0.25) is 0 Å². The Labute approximate surface area is 456 Å². The third kappa shape index (κ3) is 15.5. The van der Waals surface area contributed by atoms with Crippen LogP contribution in [-0.2, 0) is 63.8 Å². The molecule has 2 saturated carbocycles. The molecular weight excluding hydrogens is 989 g/mol. The number of aromatic amines is 2. The summed E-state index contributed by atoms with van der Waals surface area (Å²) in [5, 5.41) is 13.8. The van der Waals surface area contributed by atoms with Crippen molar-refractivity contribution in [3.63, 3.8) is 0 Å². The number of benzene rings is 4. The number of nitrogens with one attached hydrogen (secondary N) is 6. The smallest absolute Gasteiger partial charge is 0.408 e. The number of ether oxygens (including phenoxy) is 4. The molecule has 0 saturated heterocycles. The van der Waals surface area contributed by atoms with Crippen molar-refractivity contribution in [2.75, 3.05) is 13.2 Å². The van der Waals surface area contributed by atoms with E-state index in [9.17, 15) is 28.8 Å². The third-order valence-corrected chi connectivity index (χ3v) is 15.5. The van der Waals surface area contributed by atoms with Crippen LogP contribution in [0.5, 0.6) is 0 Å².